The number of hydrogen-bond acceptors (Lipinski definition) is 5. The van der Waals surface area contributed by atoms with Gasteiger partial charge in [-0.3, -0.25) is 4.68 Å². The molecule has 104 valence electrons. The van der Waals surface area contributed by atoms with Gasteiger partial charge in [-0.2, -0.15) is 5.10 Å². The number of hydrogen-bond donors (Lipinski definition) is 0. The zero-order chi connectivity index (χ0) is 14.2. The molecule has 0 aliphatic heterocycles. The number of rotatable bonds is 4. The summed E-state index contributed by atoms with van der Waals surface area (Å²) in [5.74, 6) is 0.156. The van der Waals surface area contributed by atoms with E-state index in [9.17, 15) is 8.42 Å². The summed E-state index contributed by atoms with van der Waals surface area (Å²) in [4.78, 5) is 0. The molecule has 0 bridgehead atoms. The van der Waals surface area contributed by atoms with Crippen molar-refractivity contribution >= 4 is 19.7 Å². The van der Waals surface area contributed by atoms with E-state index < -0.39 is 9.05 Å². The van der Waals surface area contributed by atoms with Crippen LogP contribution in [0.5, 0.6) is 0 Å². The minimum absolute atomic E-state index is 0.285. The average Bonchev–Trinajstić information content (AvgIpc) is 2.81. The molecule has 2 aromatic rings. The molecule has 0 spiro atoms. The summed E-state index contributed by atoms with van der Waals surface area (Å²) >= 11 is 0. The van der Waals surface area contributed by atoms with E-state index in [2.05, 4.69) is 10.3 Å². The smallest absolute Gasteiger partial charge is 0.238 e. The number of aryl methyl sites for hydroxylation is 2. The molecule has 0 fully saturated rings. The zero-order valence-electron chi connectivity index (χ0n) is 10.8. The summed E-state index contributed by atoms with van der Waals surface area (Å²) in [6, 6.07) is 1.58. The first-order valence-corrected chi connectivity index (χ1v) is 8.22. The van der Waals surface area contributed by atoms with Gasteiger partial charge in [0.1, 0.15) is 11.4 Å². The standard InChI is InChI=1S/C11H14ClN3O3S/c1-4-15-8(3)11(7(2)13-15)10-5-9(14-18-10)6-19(12,16)17/h5H,4,6H2,1-3H3. The summed E-state index contributed by atoms with van der Waals surface area (Å²) in [5.41, 5.74) is 2.90. The highest BCUT2D eigenvalue weighted by Gasteiger charge is 2.19. The van der Waals surface area contributed by atoms with E-state index in [1.165, 1.54) is 0 Å². The Hall–Kier alpha value is -1.34. The molecule has 0 radical (unpaired) electrons. The van der Waals surface area contributed by atoms with Gasteiger partial charge >= 0.3 is 0 Å². The first kappa shape index (κ1) is 14.1. The first-order valence-electron chi connectivity index (χ1n) is 5.74. The lowest BCUT2D eigenvalue weighted by Gasteiger charge is -1.98. The maximum atomic E-state index is 11.0. The van der Waals surface area contributed by atoms with E-state index in [0.717, 1.165) is 23.5 Å². The lowest BCUT2D eigenvalue weighted by Crippen LogP contribution is -1.98. The fourth-order valence-electron chi connectivity index (χ4n) is 2.04. The molecular weight excluding hydrogens is 290 g/mol. The lowest BCUT2D eigenvalue weighted by atomic mass is 10.1. The molecule has 2 rings (SSSR count). The van der Waals surface area contributed by atoms with Crippen LogP contribution in [-0.4, -0.2) is 23.4 Å². The minimum Gasteiger partial charge on any atom is -0.356 e. The monoisotopic (exact) mass is 303 g/mol. The van der Waals surface area contributed by atoms with Gasteiger partial charge in [-0.05, 0) is 20.8 Å². The maximum Gasteiger partial charge on any atom is 0.238 e. The third kappa shape index (κ3) is 2.98. The van der Waals surface area contributed by atoms with Crippen molar-refractivity contribution in [2.75, 3.05) is 0 Å². The van der Waals surface area contributed by atoms with Crippen molar-refractivity contribution in [2.24, 2.45) is 0 Å². The Kier molecular flexibility index (Phi) is 3.69. The second kappa shape index (κ2) is 4.97. The van der Waals surface area contributed by atoms with Crippen molar-refractivity contribution in [2.45, 2.75) is 33.1 Å². The molecule has 2 aromatic heterocycles. The third-order valence-corrected chi connectivity index (χ3v) is 3.77. The van der Waals surface area contributed by atoms with Gasteiger partial charge in [-0.1, -0.05) is 5.16 Å². The number of nitrogens with zero attached hydrogens (tertiary/aromatic N) is 3. The van der Waals surface area contributed by atoms with Crippen molar-refractivity contribution < 1.29 is 12.9 Å². The molecule has 0 unspecified atom stereocenters. The van der Waals surface area contributed by atoms with Gasteiger partial charge in [0, 0.05) is 29.0 Å². The van der Waals surface area contributed by atoms with Crippen molar-refractivity contribution in [1.82, 2.24) is 14.9 Å². The average molecular weight is 304 g/mol. The van der Waals surface area contributed by atoms with Crippen molar-refractivity contribution in [1.29, 1.82) is 0 Å². The van der Waals surface area contributed by atoms with Crippen molar-refractivity contribution in [3.63, 3.8) is 0 Å². The molecule has 0 atom stereocenters. The molecule has 2 heterocycles. The lowest BCUT2D eigenvalue weighted by molar-refractivity contribution is 0.425. The second-order valence-corrected chi connectivity index (χ2v) is 7.00. The molecule has 0 amide bonds. The number of aromatic nitrogens is 3. The fourth-order valence-corrected chi connectivity index (χ4v) is 2.86. The largest absolute Gasteiger partial charge is 0.356 e. The summed E-state index contributed by atoms with van der Waals surface area (Å²) in [7, 11) is 1.55. The normalized spacial score (nSPS) is 12.0. The molecule has 0 aromatic carbocycles. The highest BCUT2D eigenvalue weighted by molar-refractivity contribution is 8.13. The van der Waals surface area contributed by atoms with Crippen LogP contribution in [0.4, 0.5) is 0 Å². The Labute approximate surface area is 115 Å². The number of halogens is 1. The van der Waals surface area contributed by atoms with Gasteiger partial charge in [0.2, 0.25) is 9.05 Å². The van der Waals surface area contributed by atoms with Crippen molar-refractivity contribution in [3.05, 3.63) is 23.1 Å². The van der Waals surface area contributed by atoms with Crippen LogP contribution in [0.2, 0.25) is 0 Å². The van der Waals surface area contributed by atoms with Crippen LogP contribution in [0.1, 0.15) is 24.0 Å². The molecule has 0 aliphatic carbocycles. The third-order valence-electron chi connectivity index (χ3n) is 2.81. The van der Waals surface area contributed by atoms with E-state index in [-0.39, 0.29) is 11.4 Å². The zero-order valence-corrected chi connectivity index (χ0v) is 12.4. The fraction of sp³-hybridized carbons (Fsp3) is 0.455. The van der Waals surface area contributed by atoms with E-state index in [1.807, 2.05) is 25.5 Å². The van der Waals surface area contributed by atoms with E-state index >= 15 is 0 Å². The minimum atomic E-state index is -3.64. The Balaban J connectivity index is 2.41. The first-order chi connectivity index (χ1) is 8.81. The topological polar surface area (TPSA) is 78.0 Å². The van der Waals surface area contributed by atoms with Gasteiger partial charge in [-0.15, -0.1) is 0 Å². The molecular formula is C11H14ClN3O3S. The van der Waals surface area contributed by atoms with Crippen LogP contribution in [0.25, 0.3) is 11.3 Å². The highest BCUT2D eigenvalue weighted by Crippen LogP contribution is 2.28. The quantitative estimate of drug-likeness (QED) is 0.809. The second-order valence-electron chi connectivity index (χ2n) is 4.23. The summed E-state index contributed by atoms with van der Waals surface area (Å²) < 4.78 is 29.0. The summed E-state index contributed by atoms with van der Waals surface area (Å²) in [5, 5.41) is 8.09. The van der Waals surface area contributed by atoms with Crippen molar-refractivity contribution in [3.8, 4) is 11.3 Å². The Morgan fingerprint density at radius 2 is 2.11 bits per heavy atom. The molecule has 0 saturated carbocycles. The Morgan fingerprint density at radius 3 is 2.63 bits per heavy atom. The molecule has 19 heavy (non-hydrogen) atoms. The van der Waals surface area contributed by atoms with Crippen LogP contribution in [0.15, 0.2) is 10.6 Å². The van der Waals surface area contributed by atoms with E-state index in [0.29, 0.717) is 5.76 Å². The highest BCUT2D eigenvalue weighted by atomic mass is 35.7. The van der Waals surface area contributed by atoms with Crippen LogP contribution in [-0.2, 0) is 21.3 Å². The Morgan fingerprint density at radius 1 is 1.42 bits per heavy atom. The van der Waals surface area contributed by atoms with Crippen LogP contribution in [0.3, 0.4) is 0 Å². The Bertz CT molecular complexity index is 703. The predicted molar refractivity (Wildman–Crippen MR) is 71.3 cm³/mol. The maximum absolute atomic E-state index is 11.0. The summed E-state index contributed by atoms with van der Waals surface area (Å²) in [6.07, 6.45) is 0. The molecule has 0 aliphatic rings. The van der Waals surface area contributed by atoms with Gasteiger partial charge in [-0.25, -0.2) is 8.42 Å². The molecule has 0 N–H and O–H groups in total. The van der Waals surface area contributed by atoms with Gasteiger partial charge in [0.05, 0.1) is 11.3 Å². The van der Waals surface area contributed by atoms with Gasteiger partial charge in [0.25, 0.3) is 0 Å². The van der Waals surface area contributed by atoms with E-state index in [1.54, 1.807) is 6.07 Å². The predicted octanol–water partition coefficient (Wildman–Crippen LogP) is 2.24. The van der Waals surface area contributed by atoms with Gasteiger partial charge in [0.15, 0.2) is 5.76 Å². The van der Waals surface area contributed by atoms with Gasteiger partial charge < -0.3 is 4.52 Å². The molecule has 8 heteroatoms. The SMILES string of the molecule is CCn1nc(C)c(-c2cc(CS(=O)(=O)Cl)no2)c1C. The molecule has 6 nitrogen and oxygen atoms in total. The van der Waals surface area contributed by atoms with Crippen LogP contribution < -0.4 is 0 Å². The van der Waals surface area contributed by atoms with E-state index in [4.69, 9.17) is 15.2 Å². The molecule has 0 saturated heterocycles. The van der Waals surface area contributed by atoms with Crippen LogP contribution >= 0.6 is 10.7 Å². The summed E-state index contributed by atoms with van der Waals surface area (Å²) in [6.45, 7) is 6.55. The van der Waals surface area contributed by atoms with Crippen LogP contribution in [0, 0.1) is 13.8 Å².